The Kier molecular flexibility index (Phi) is 4.99. The molecule has 2 bridgehead atoms. The molecule has 0 radical (unpaired) electrons. The Bertz CT molecular complexity index is 648. The number of methoxy groups -OCH3 is 1. The van der Waals surface area contributed by atoms with Gasteiger partial charge in [-0.3, -0.25) is 4.79 Å². The summed E-state index contributed by atoms with van der Waals surface area (Å²) in [7, 11) is 1.76. The smallest absolute Gasteiger partial charge is 0.404 e. The Hall–Kier alpha value is -1.36. The zero-order chi connectivity index (χ0) is 20.2. The van der Waals surface area contributed by atoms with Gasteiger partial charge in [-0.2, -0.15) is 0 Å². The standard InChI is InChI=1S/C22H35NO4/c1-7-20(4)12-16(27-19(23)25)21(5)13(2)8-10-22(14(3)18(20)24)11-9-15(26-6)17(21)22/h7,13-17H,1,8-12H2,2-6H3,(H2,23,25)/t13?,14-,15?,16+,17?,20+,21-,22-/m0/s1. The molecule has 3 fully saturated rings. The van der Waals surface area contributed by atoms with Gasteiger partial charge in [0.05, 0.1) is 6.10 Å². The molecular formula is C22H35NO4. The van der Waals surface area contributed by atoms with E-state index in [1.165, 1.54) is 0 Å². The lowest BCUT2D eigenvalue weighted by Crippen LogP contribution is -2.63. The van der Waals surface area contributed by atoms with Crippen LogP contribution in [0.25, 0.3) is 0 Å². The second kappa shape index (κ2) is 6.61. The minimum absolute atomic E-state index is 0.0695. The molecule has 8 atom stereocenters. The van der Waals surface area contributed by atoms with Crippen LogP contribution in [-0.4, -0.2) is 31.2 Å². The molecule has 3 aliphatic rings. The predicted molar refractivity (Wildman–Crippen MR) is 104 cm³/mol. The van der Waals surface area contributed by atoms with Crippen molar-refractivity contribution >= 4 is 11.9 Å². The number of ether oxygens (including phenoxy) is 2. The van der Waals surface area contributed by atoms with Crippen molar-refractivity contribution < 1.29 is 19.1 Å². The highest BCUT2D eigenvalue weighted by molar-refractivity contribution is 5.89. The summed E-state index contributed by atoms with van der Waals surface area (Å²) in [6.45, 7) is 12.5. The number of Topliss-reactive ketones (excluding diaryl/α,β-unsaturated/α-hetero) is 1. The van der Waals surface area contributed by atoms with Crippen molar-refractivity contribution in [3.63, 3.8) is 0 Å². The quantitative estimate of drug-likeness (QED) is 0.751. The van der Waals surface area contributed by atoms with Gasteiger partial charge in [-0.05, 0) is 43.9 Å². The van der Waals surface area contributed by atoms with Crippen molar-refractivity contribution in [2.45, 2.75) is 72.0 Å². The molecule has 3 unspecified atom stereocenters. The van der Waals surface area contributed by atoms with Crippen LogP contribution in [0.1, 0.15) is 59.8 Å². The maximum absolute atomic E-state index is 13.6. The number of carbonyl (C=O) groups is 2. The highest BCUT2D eigenvalue weighted by Gasteiger charge is 2.68. The van der Waals surface area contributed by atoms with E-state index in [-0.39, 0.29) is 34.6 Å². The fraction of sp³-hybridized carbons (Fsp3) is 0.818. The number of rotatable bonds is 3. The summed E-state index contributed by atoms with van der Waals surface area (Å²) in [6, 6.07) is 0. The molecule has 0 aromatic rings. The van der Waals surface area contributed by atoms with E-state index in [9.17, 15) is 9.59 Å². The van der Waals surface area contributed by atoms with Gasteiger partial charge in [-0.15, -0.1) is 6.58 Å². The van der Waals surface area contributed by atoms with E-state index in [1.54, 1.807) is 13.2 Å². The third-order valence-corrected chi connectivity index (χ3v) is 8.79. The molecule has 2 N–H and O–H groups in total. The van der Waals surface area contributed by atoms with Gasteiger partial charge in [0.25, 0.3) is 0 Å². The van der Waals surface area contributed by atoms with E-state index in [1.807, 2.05) is 6.92 Å². The number of amides is 1. The Morgan fingerprint density at radius 3 is 2.44 bits per heavy atom. The lowest BCUT2D eigenvalue weighted by atomic mass is 9.44. The van der Waals surface area contributed by atoms with Crippen LogP contribution in [0.4, 0.5) is 4.79 Å². The Morgan fingerprint density at radius 2 is 1.89 bits per heavy atom. The first-order chi connectivity index (χ1) is 12.6. The fourth-order valence-corrected chi connectivity index (χ4v) is 6.93. The number of nitrogens with two attached hydrogens (primary N) is 1. The van der Waals surface area contributed by atoms with Crippen LogP contribution in [-0.2, 0) is 14.3 Å². The number of hydrogen-bond acceptors (Lipinski definition) is 4. The second-order valence-corrected chi connectivity index (χ2v) is 9.67. The maximum atomic E-state index is 13.6. The monoisotopic (exact) mass is 377 g/mol. The van der Waals surface area contributed by atoms with Crippen LogP contribution in [0, 0.1) is 34.0 Å². The minimum atomic E-state index is -0.774. The average molecular weight is 378 g/mol. The number of carbonyl (C=O) groups excluding carboxylic acids is 2. The molecule has 5 heteroatoms. The van der Waals surface area contributed by atoms with Crippen molar-refractivity contribution in [3.8, 4) is 0 Å². The number of primary amides is 1. The highest BCUT2D eigenvalue weighted by Crippen LogP contribution is 2.68. The zero-order valence-electron chi connectivity index (χ0n) is 17.4. The maximum Gasteiger partial charge on any atom is 0.404 e. The lowest BCUT2D eigenvalue weighted by Gasteiger charge is -2.61. The Morgan fingerprint density at radius 1 is 1.26 bits per heavy atom. The van der Waals surface area contributed by atoms with Gasteiger partial charge < -0.3 is 15.2 Å². The van der Waals surface area contributed by atoms with Crippen LogP contribution < -0.4 is 5.73 Å². The molecule has 5 nitrogen and oxygen atoms in total. The molecule has 0 spiro atoms. The Labute approximate surface area is 163 Å². The second-order valence-electron chi connectivity index (χ2n) is 9.67. The van der Waals surface area contributed by atoms with Gasteiger partial charge >= 0.3 is 6.09 Å². The van der Waals surface area contributed by atoms with E-state index in [4.69, 9.17) is 15.2 Å². The lowest BCUT2D eigenvalue weighted by molar-refractivity contribution is -0.188. The van der Waals surface area contributed by atoms with E-state index in [0.29, 0.717) is 12.3 Å². The van der Waals surface area contributed by atoms with Crippen molar-refractivity contribution in [1.29, 1.82) is 0 Å². The number of hydrogen-bond donors (Lipinski definition) is 1. The molecule has 0 heterocycles. The summed E-state index contributed by atoms with van der Waals surface area (Å²) in [6.07, 6.45) is 4.97. The molecule has 152 valence electrons. The molecule has 0 saturated heterocycles. The predicted octanol–water partition coefficient (Wildman–Crippen LogP) is 4.10. The van der Waals surface area contributed by atoms with Crippen molar-refractivity contribution in [2.24, 2.45) is 39.7 Å². The van der Waals surface area contributed by atoms with Gasteiger partial charge in [0.2, 0.25) is 0 Å². The van der Waals surface area contributed by atoms with Crippen molar-refractivity contribution in [3.05, 3.63) is 12.7 Å². The van der Waals surface area contributed by atoms with E-state index in [0.717, 1.165) is 25.7 Å². The summed E-state index contributed by atoms with van der Waals surface area (Å²) in [4.78, 5) is 25.4. The average Bonchev–Trinajstić information content (AvgIpc) is 3.02. The first-order valence-corrected chi connectivity index (χ1v) is 10.2. The molecule has 0 aromatic heterocycles. The van der Waals surface area contributed by atoms with Crippen LogP contribution in [0.2, 0.25) is 0 Å². The highest BCUT2D eigenvalue weighted by atomic mass is 16.6. The molecule has 3 rings (SSSR count). The summed E-state index contributed by atoms with van der Waals surface area (Å²) >= 11 is 0. The van der Waals surface area contributed by atoms with Gasteiger partial charge in [0.15, 0.2) is 0 Å². The van der Waals surface area contributed by atoms with Crippen molar-refractivity contribution in [1.82, 2.24) is 0 Å². The third-order valence-electron chi connectivity index (χ3n) is 8.79. The molecule has 0 aromatic carbocycles. The number of allylic oxidation sites excluding steroid dienone is 1. The van der Waals surface area contributed by atoms with Gasteiger partial charge in [-0.1, -0.05) is 26.8 Å². The minimum Gasteiger partial charge on any atom is -0.446 e. The fourth-order valence-electron chi connectivity index (χ4n) is 6.93. The molecule has 0 aliphatic heterocycles. The molecular weight excluding hydrogens is 342 g/mol. The van der Waals surface area contributed by atoms with Crippen LogP contribution in [0.3, 0.4) is 0 Å². The normalized spacial score (nSPS) is 49.7. The van der Waals surface area contributed by atoms with Gasteiger partial charge in [0, 0.05) is 36.2 Å². The summed E-state index contributed by atoms with van der Waals surface area (Å²) in [5.41, 5.74) is 4.32. The van der Waals surface area contributed by atoms with Crippen LogP contribution in [0.5, 0.6) is 0 Å². The van der Waals surface area contributed by atoms with E-state index >= 15 is 0 Å². The molecule has 27 heavy (non-hydrogen) atoms. The van der Waals surface area contributed by atoms with E-state index < -0.39 is 17.6 Å². The largest absolute Gasteiger partial charge is 0.446 e. The summed E-state index contributed by atoms with van der Waals surface area (Å²) < 4.78 is 11.7. The first kappa shape index (κ1) is 20.4. The van der Waals surface area contributed by atoms with Crippen LogP contribution >= 0.6 is 0 Å². The Balaban J connectivity index is 2.24. The molecule has 3 aliphatic carbocycles. The van der Waals surface area contributed by atoms with E-state index in [2.05, 4.69) is 27.4 Å². The molecule has 3 saturated carbocycles. The SMILES string of the molecule is C=C[C@]1(C)C[C@@H](OC(N)=O)[C@]2(C)C(C)CC[C@]3(CCC(OC)C32)[C@@H](C)C1=O. The zero-order valence-corrected chi connectivity index (χ0v) is 17.4. The van der Waals surface area contributed by atoms with Crippen molar-refractivity contribution in [2.75, 3.05) is 7.11 Å². The molecule has 1 amide bonds. The summed E-state index contributed by atoms with van der Waals surface area (Å²) in [5.74, 6) is 0.627. The van der Waals surface area contributed by atoms with Gasteiger partial charge in [-0.25, -0.2) is 4.79 Å². The number of ketones is 1. The van der Waals surface area contributed by atoms with Gasteiger partial charge in [0.1, 0.15) is 11.9 Å². The third kappa shape index (κ3) is 2.68. The topological polar surface area (TPSA) is 78.6 Å². The summed E-state index contributed by atoms with van der Waals surface area (Å²) in [5, 5.41) is 0. The van der Waals surface area contributed by atoms with Crippen LogP contribution in [0.15, 0.2) is 12.7 Å². The first-order valence-electron chi connectivity index (χ1n) is 10.2.